The lowest BCUT2D eigenvalue weighted by atomic mass is 9.67. The van der Waals surface area contributed by atoms with E-state index in [0.29, 0.717) is 11.7 Å². The fraction of sp³-hybridized carbons (Fsp3) is 0.533. The largest absolute Gasteiger partial charge is 0.425 e. The molecule has 1 fully saturated rings. The first-order valence-corrected chi connectivity index (χ1v) is 13.3. The average Bonchev–Trinajstić information content (AvgIpc) is 2.89. The maximum atomic E-state index is 12.2. The maximum Gasteiger partial charge on any atom is 0.329 e. The molecular formula is C30H38ClNO2. The lowest BCUT2D eigenvalue weighted by molar-refractivity contribution is -0.134. The zero-order valence-electron chi connectivity index (χ0n) is 20.9. The average molecular weight is 480 g/mol. The van der Waals surface area contributed by atoms with E-state index < -0.39 is 11.3 Å². The predicted octanol–water partition coefficient (Wildman–Crippen LogP) is 8.66. The van der Waals surface area contributed by atoms with E-state index >= 15 is 0 Å². The smallest absolute Gasteiger partial charge is 0.329 e. The van der Waals surface area contributed by atoms with Gasteiger partial charge in [-0.05, 0) is 72.8 Å². The number of unbranched alkanes of at least 4 members (excludes halogenated alkanes) is 2. The summed E-state index contributed by atoms with van der Waals surface area (Å²) in [6, 6.07) is 19.1. The number of nitrogens with zero attached hydrogens (tertiary/aromatic N) is 1. The van der Waals surface area contributed by atoms with Crippen LogP contribution in [0.2, 0.25) is 0 Å². The minimum absolute atomic E-state index is 0.0773. The lowest BCUT2D eigenvalue weighted by Crippen LogP contribution is -2.26. The molecule has 3 nitrogen and oxygen atoms in total. The van der Waals surface area contributed by atoms with E-state index in [1.165, 1.54) is 24.8 Å². The Morgan fingerprint density at radius 1 is 1.06 bits per heavy atom. The van der Waals surface area contributed by atoms with Crippen molar-refractivity contribution < 1.29 is 9.53 Å². The molecule has 2 unspecified atom stereocenters. The molecule has 0 amide bonds. The Hall–Kier alpha value is -2.31. The molecule has 2 atom stereocenters. The van der Waals surface area contributed by atoms with Gasteiger partial charge in [0.15, 0.2) is 0 Å². The van der Waals surface area contributed by atoms with Gasteiger partial charge in [-0.25, -0.2) is 0 Å². The van der Waals surface area contributed by atoms with Crippen LogP contribution in [0.1, 0.15) is 90.0 Å². The van der Waals surface area contributed by atoms with Gasteiger partial charge in [0, 0.05) is 0 Å². The molecular weight excluding hydrogens is 442 g/mol. The quantitative estimate of drug-likeness (QED) is 0.148. The number of nitriles is 1. The summed E-state index contributed by atoms with van der Waals surface area (Å²) in [5.74, 6) is 0.735. The standard InChI is InChI=1S/C30H38ClNO2/c1-4-6-7-18-30(21-32)19-16-26(17-20-30)24-10-8-23(9-11-24)25-12-14-27(15-13-25)34-29(33)28(31)22(3)5-2/h8-15,22,26,28H,4-7,16-20H2,1-3H3. The molecule has 0 radical (unpaired) electrons. The van der Waals surface area contributed by atoms with E-state index in [4.69, 9.17) is 16.3 Å². The molecule has 3 rings (SSSR count). The second-order valence-corrected chi connectivity index (χ2v) is 10.4. The Kier molecular flexibility index (Phi) is 9.60. The van der Waals surface area contributed by atoms with Gasteiger partial charge in [-0.3, -0.25) is 4.79 Å². The van der Waals surface area contributed by atoms with Crippen molar-refractivity contribution >= 4 is 17.6 Å². The second kappa shape index (κ2) is 12.4. The SMILES string of the molecule is CCCCCC1(C#N)CCC(c2ccc(-c3ccc(OC(=O)C(Cl)C(C)CC)cc3)cc2)CC1. The highest BCUT2D eigenvalue weighted by molar-refractivity contribution is 6.30. The van der Waals surface area contributed by atoms with Crippen molar-refractivity contribution in [1.29, 1.82) is 5.26 Å². The van der Waals surface area contributed by atoms with Crippen LogP contribution in [0.3, 0.4) is 0 Å². The topological polar surface area (TPSA) is 50.1 Å². The fourth-order valence-electron chi connectivity index (χ4n) is 4.91. The van der Waals surface area contributed by atoms with Crippen molar-refractivity contribution in [3.63, 3.8) is 0 Å². The van der Waals surface area contributed by atoms with E-state index in [2.05, 4.69) is 37.3 Å². The summed E-state index contributed by atoms with van der Waals surface area (Å²) in [5.41, 5.74) is 3.49. The molecule has 34 heavy (non-hydrogen) atoms. The number of benzene rings is 2. The molecule has 0 saturated heterocycles. The van der Waals surface area contributed by atoms with Crippen LogP contribution >= 0.6 is 11.6 Å². The normalized spacial score (nSPS) is 21.9. The van der Waals surface area contributed by atoms with Gasteiger partial charge in [-0.2, -0.15) is 5.26 Å². The summed E-state index contributed by atoms with van der Waals surface area (Å²) >= 11 is 6.20. The maximum absolute atomic E-state index is 12.2. The predicted molar refractivity (Wildman–Crippen MR) is 140 cm³/mol. The van der Waals surface area contributed by atoms with Crippen molar-refractivity contribution in [2.24, 2.45) is 11.3 Å². The summed E-state index contributed by atoms with van der Waals surface area (Å²) in [6.07, 6.45) is 9.70. The molecule has 1 aliphatic rings. The minimum atomic E-state index is -0.633. The van der Waals surface area contributed by atoms with E-state index in [-0.39, 0.29) is 11.3 Å². The molecule has 1 aliphatic carbocycles. The molecule has 2 aromatic carbocycles. The number of rotatable bonds is 10. The van der Waals surface area contributed by atoms with E-state index in [1.807, 2.05) is 38.1 Å². The van der Waals surface area contributed by atoms with Crippen molar-refractivity contribution in [3.05, 3.63) is 54.1 Å². The molecule has 0 N–H and O–H groups in total. The van der Waals surface area contributed by atoms with Crippen molar-refractivity contribution in [3.8, 4) is 22.9 Å². The van der Waals surface area contributed by atoms with Crippen molar-refractivity contribution in [1.82, 2.24) is 0 Å². The second-order valence-electron chi connectivity index (χ2n) is 9.98. The Balaban J connectivity index is 1.58. The molecule has 2 aromatic rings. The number of carbonyl (C=O) groups excluding carboxylic acids is 1. The van der Waals surface area contributed by atoms with Gasteiger partial charge in [-0.1, -0.05) is 82.9 Å². The first-order chi connectivity index (χ1) is 16.4. The third-order valence-electron chi connectivity index (χ3n) is 7.60. The lowest BCUT2D eigenvalue weighted by Gasteiger charge is -2.35. The summed E-state index contributed by atoms with van der Waals surface area (Å²) in [6.45, 7) is 6.18. The Bertz CT molecular complexity index is 953. The third kappa shape index (κ3) is 6.63. The number of hydrogen-bond donors (Lipinski definition) is 0. The molecule has 0 aliphatic heterocycles. The summed E-state index contributed by atoms with van der Waals surface area (Å²) in [7, 11) is 0. The highest BCUT2D eigenvalue weighted by Crippen LogP contribution is 2.45. The molecule has 0 spiro atoms. The fourth-order valence-corrected chi connectivity index (χ4v) is 5.13. The first-order valence-electron chi connectivity index (χ1n) is 12.9. The van der Waals surface area contributed by atoms with E-state index in [0.717, 1.165) is 49.7 Å². The molecule has 0 bridgehead atoms. The van der Waals surface area contributed by atoms with Gasteiger partial charge in [0.2, 0.25) is 0 Å². The molecule has 4 heteroatoms. The zero-order chi connectivity index (χ0) is 24.6. The number of halogens is 1. The van der Waals surface area contributed by atoms with Gasteiger partial charge in [-0.15, -0.1) is 11.6 Å². The Morgan fingerprint density at radius 2 is 1.65 bits per heavy atom. The van der Waals surface area contributed by atoms with Crippen LogP contribution in [0.15, 0.2) is 48.5 Å². The van der Waals surface area contributed by atoms with Crippen LogP contribution in [0.5, 0.6) is 5.75 Å². The highest BCUT2D eigenvalue weighted by Gasteiger charge is 2.35. The molecule has 182 valence electrons. The van der Waals surface area contributed by atoms with Crippen LogP contribution in [-0.2, 0) is 4.79 Å². The minimum Gasteiger partial charge on any atom is -0.425 e. The van der Waals surface area contributed by atoms with Gasteiger partial charge < -0.3 is 4.74 Å². The Morgan fingerprint density at radius 3 is 2.18 bits per heavy atom. The highest BCUT2D eigenvalue weighted by atomic mass is 35.5. The number of ether oxygens (including phenoxy) is 1. The van der Waals surface area contributed by atoms with Gasteiger partial charge in [0.1, 0.15) is 11.1 Å². The van der Waals surface area contributed by atoms with Gasteiger partial charge in [0.05, 0.1) is 11.5 Å². The van der Waals surface area contributed by atoms with Crippen molar-refractivity contribution in [2.75, 3.05) is 0 Å². The zero-order valence-corrected chi connectivity index (χ0v) is 21.6. The summed E-state index contributed by atoms with van der Waals surface area (Å²) in [4.78, 5) is 12.2. The first kappa shape index (κ1) is 26.3. The van der Waals surface area contributed by atoms with E-state index in [1.54, 1.807) is 0 Å². The number of hydrogen-bond acceptors (Lipinski definition) is 3. The van der Waals surface area contributed by atoms with Crippen LogP contribution in [0.4, 0.5) is 0 Å². The van der Waals surface area contributed by atoms with E-state index in [9.17, 15) is 10.1 Å². The van der Waals surface area contributed by atoms with Gasteiger partial charge in [0.25, 0.3) is 0 Å². The molecule has 0 aromatic heterocycles. The monoisotopic (exact) mass is 479 g/mol. The summed E-state index contributed by atoms with van der Waals surface area (Å²) in [5, 5.41) is 9.17. The summed E-state index contributed by atoms with van der Waals surface area (Å²) < 4.78 is 5.45. The molecule has 0 heterocycles. The third-order valence-corrected chi connectivity index (χ3v) is 8.20. The van der Waals surface area contributed by atoms with Crippen LogP contribution in [0, 0.1) is 22.7 Å². The van der Waals surface area contributed by atoms with Crippen LogP contribution in [0.25, 0.3) is 11.1 Å². The number of alkyl halides is 1. The van der Waals surface area contributed by atoms with Crippen LogP contribution < -0.4 is 4.74 Å². The number of esters is 1. The Labute approximate surface area is 210 Å². The van der Waals surface area contributed by atoms with Crippen molar-refractivity contribution in [2.45, 2.75) is 89.9 Å². The van der Waals surface area contributed by atoms with Gasteiger partial charge >= 0.3 is 5.97 Å². The van der Waals surface area contributed by atoms with Crippen LogP contribution in [-0.4, -0.2) is 11.3 Å². The molecule has 1 saturated carbocycles. The number of carbonyl (C=O) groups is 1.